The molecule has 1 fully saturated rings. The number of furan rings is 1. The molecule has 1 amide bonds. The summed E-state index contributed by atoms with van der Waals surface area (Å²) >= 11 is 0. The Balaban J connectivity index is 2.06. The van der Waals surface area contributed by atoms with Gasteiger partial charge >= 0.3 is 5.97 Å². The lowest BCUT2D eigenvalue weighted by molar-refractivity contribution is 0.0658. The van der Waals surface area contributed by atoms with Gasteiger partial charge < -0.3 is 19.6 Å². The highest BCUT2D eigenvalue weighted by Crippen LogP contribution is 2.18. The number of ether oxygens (including phenoxy) is 1. The molecule has 0 bridgehead atoms. The molecule has 1 aliphatic rings. The highest BCUT2D eigenvalue weighted by Gasteiger charge is 2.32. The van der Waals surface area contributed by atoms with Gasteiger partial charge in [0.2, 0.25) is 5.76 Å². The lowest BCUT2D eigenvalue weighted by Crippen LogP contribution is -2.46. The van der Waals surface area contributed by atoms with Crippen LogP contribution in [0.2, 0.25) is 0 Å². The number of nitrogens with one attached hydrogen (secondary N) is 1. The topological polar surface area (TPSA) is 88.8 Å². The largest absolute Gasteiger partial charge is 0.475 e. The van der Waals surface area contributed by atoms with Crippen LogP contribution in [0.5, 0.6) is 0 Å². The van der Waals surface area contributed by atoms with Gasteiger partial charge in [0.05, 0.1) is 12.1 Å². The molecule has 1 aromatic rings. The highest BCUT2D eigenvalue weighted by molar-refractivity contribution is 5.93. The predicted molar refractivity (Wildman–Crippen MR) is 57.0 cm³/mol. The number of carboxylic acid groups (broad SMARTS) is 1. The zero-order chi connectivity index (χ0) is 12.5. The van der Waals surface area contributed by atoms with Crippen molar-refractivity contribution in [2.75, 3.05) is 13.2 Å². The second kappa shape index (κ2) is 4.21. The molecule has 1 aliphatic heterocycles. The molecule has 0 radical (unpaired) electrons. The van der Waals surface area contributed by atoms with Crippen molar-refractivity contribution in [2.24, 2.45) is 0 Å². The van der Waals surface area contributed by atoms with E-state index in [4.69, 9.17) is 14.3 Å². The molecule has 1 aromatic heterocycles. The molecule has 92 valence electrons. The molecule has 0 saturated carbocycles. The van der Waals surface area contributed by atoms with Crippen LogP contribution in [0.25, 0.3) is 0 Å². The van der Waals surface area contributed by atoms with E-state index in [0.29, 0.717) is 13.2 Å². The molecule has 0 unspecified atom stereocenters. The SMILES string of the molecule is C[C@@]1(NC(=O)c2ccc(C(=O)O)o2)CCOC1. The molecule has 6 heteroatoms. The normalized spacial score (nSPS) is 23.6. The van der Waals surface area contributed by atoms with Gasteiger partial charge in [0.15, 0.2) is 5.76 Å². The Morgan fingerprint density at radius 2 is 2.12 bits per heavy atom. The maximum Gasteiger partial charge on any atom is 0.371 e. The summed E-state index contributed by atoms with van der Waals surface area (Å²) in [5.74, 6) is -1.87. The Kier molecular flexibility index (Phi) is 2.89. The van der Waals surface area contributed by atoms with E-state index in [1.54, 1.807) is 0 Å². The molecule has 2 N–H and O–H groups in total. The van der Waals surface area contributed by atoms with Gasteiger partial charge in [-0.25, -0.2) is 4.79 Å². The monoisotopic (exact) mass is 239 g/mol. The van der Waals surface area contributed by atoms with E-state index in [9.17, 15) is 9.59 Å². The van der Waals surface area contributed by atoms with Crippen LogP contribution in [0, 0.1) is 0 Å². The molecule has 2 rings (SSSR count). The van der Waals surface area contributed by atoms with Gasteiger partial charge in [-0.2, -0.15) is 0 Å². The maximum absolute atomic E-state index is 11.8. The Morgan fingerprint density at radius 1 is 1.41 bits per heavy atom. The van der Waals surface area contributed by atoms with E-state index >= 15 is 0 Å². The molecule has 17 heavy (non-hydrogen) atoms. The molecule has 6 nitrogen and oxygen atoms in total. The first-order chi connectivity index (χ1) is 8.00. The van der Waals surface area contributed by atoms with Gasteiger partial charge in [-0.05, 0) is 25.5 Å². The fraction of sp³-hybridized carbons (Fsp3) is 0.455. The standard InChI is InChI=1S/C11H13NO5/c1-11(4-5-16-6-11)12-9(13)7-2-3-8(17-7)10(14)15/h2-3H,4-6H2,1H3,(H,12,13)(H,14,15)/t11-/m1/s1. The minimum Gasteiger partial charge on any atom is -0.475 e. The fourth-order valence-corrected chi connectivity index (χ4v) is 1.68. The summed E-state index contributed by atoms with van der Waals surface area (Å²) in [6, 6.07) is 2.60. The number of carbonyl (C=O) groups is 2. The molecule has 1 saturated heterocycles. The lowest BCUT2D eigenvalue weighted by Gasteiger charge is -2.22. The highest BCUT2D eigenvalue weighted by atomic mass is 16.5. The molecular weight excluding hydrogens is 226 g/mol. The van der Waals surface area contributed by atoms with Crippen LogP contribution in [0.15, 0.2) is 16.5 Å². The van der Waals surface area contributed by atoms with Crippen LogP contribution in [-0.4, -0.2) is 35.7 Å². The summed E-state index contributed by atoms with van der Waals surface area (Å²) in [5.41, 5.74) is -0.409. The smallest absolute Gasteiger partial charge is 0.371 e. The summed E-state index contributed by atoms with van der Waals surface area (Å²) in [5, 5.41) is 11.4. The number of hydrogen-bond donors (Lipinski definition) is 2. The molecule has 1 atom stereocenters. The van der Waals surface area contributed by atoms with E-state index in [1.807, 2.05) is 6.92 Å². The second-order valence-corrected chi connectivity index (χ2v) is 4.29. The first-order valence-electron chi connectivity index (χ1n) is 5.24. The molecule has 0 aliphatic carbocycles. The van der Waals surface area contributed by atoms with Crippen molar-refractivity contribution in [3.8, 4) is 0 Å². The lowest BCUT2D eigenvalue weighted by atomic mass is 10.0. The minimum atomic E-state index is -1.19. The third kappa shape index (κ3) is 2.47. The van der Waals surface area contributed by atoms with E-state index in [-0.39, 0.29) is 11.5 Å². The Bertz CT molecular complexity index is 444. The average molecular weight is 239 g/mol. The van der Waals surface area contributed by atoms with Crippen LogP contribution < -0.4 is 5.32 Å². The van der Waals surface area contributed by atoms with Gasteiger partial charge in [0.25, 0.3) is 5.91 Å². The molecule has 0 aromatic carbocycles. The first-order valence-corrected chi connectivity index (χ1v) is 5.24. The zero-order valence-electron chi connectivity index (χ0n) is 9.36. The van der Waals surface area contributed by atoms with Crippen LogP contribution >= 0.6 is 0 Å². The second-order valence-electron chi connectivity index (χ2n) is 4.29. The van der Waals surface area contributed by atoms with E-state index < -0.39 is 17.4 Å². The summed E-state index contributed by atoms with van der Waals surface area (Å²) < 4.78 is 10.1. The van der Waals surface area contributed by atoms with Crippen molar-refractivity contribution in [3.63, 3.8) is 0 Å². The maximum atomic E-state index is 11.8. The quantitative estimate of drug-likeness (QED) is 0.817. The minimum absolute atomic E-state index is 0.00414. The van der Waals surface area contributed by atoms with Crippen LogP contribution in [0.3, 0.4) is 0 Å². The van der Waals surface area contributed by atoms with Gasteiger partial charge in [0.1, 0.15) is 0 Å². The summed E-state index contributed by atoms with van der Waals surface area (Å²) in [4.78, 5) is 22.4. The Labute approximate surface area is 97.6 Å². The number of carboxylic acids is 1. The third-order valence-corrected chi connectivity index (χ3v) is 2.67. The van der Waals surface area contributed by atoms with Crippen molar-refractivity contribution in [3.05, 3.63) is 23.7 Å². The van der Waals surface area contributed by atoms with Crippen molar-refractivity contribution in [1.82, 2.24) is 5.32 Å². The van der Waals surface area contributed by atoms with E-state index in [1.165, 1.54) is 12.1 Å². The van der Waals surface area contributed by atoms with Crippen LogP contribution in [-0.2, 0) is 4.74 Å². The molecule has 0 spiro atoms. The van der Waals surface area contributed by atoms with Gasteiger partial charge in [-0.1, -0.05) is 0 Å². The van der Waals surface area contributed by atoms with Crippen molar-refractivity contribution in [1.29, 1.82) is 0 Å². The zero-order valence-corrected chi connectivity index (χ0v) is 9.36. The van der Waals surface area contributed by atoms with Crippen LogP contribution in [0.1, 0.15) is 34.5 Å². The number of carbonyl (C=O) groups excluding carboxylic acids is 1. The van der Waals surface area contributed by atoms with Gasteiger partial charge in [0, 0.05) is 6.61 Å². The number of amides is 1. The van der Waals surface area contributed by atoms with Gasteiger partial charge in [-0.15, -0.1) is 0 Å². The number of rotatable bonds is 3. The summed E-state index contributed by atoms with van der Waals surface area (Å²) in [6.07, 6.45) is 0.727. The van der Waals surface area contributed by atoms with Crippen molar-refractivity contribution >= 4 is 11.9 Å². The van der Waals surface area contributed by atoms with Crippen LogP contribution in [0.4, 0.5) is 0 Å². The summed E-state index contributed by atoms with van der Waals surface area (Å²) in [6.45, 7) is 2.93. The van der Waals surface area contributed by atoms with Gasteiger partial charge in [-0.3, -0.25) is 4.79 Å². The predicted octanol–water partition coefficient (Wildman–Crippen LogP) is 0.887. The fourth-order valence-electron chi connectivity index (χ4n) is 1.68. The van der Waals surface area contributed by atoms with E-state index in [2.05, 4.69) is 5.32 Å². The third-order valence-electron chi connectivity index (χ3n) is 2.67. The summed E-state index contributed by atoms with van der Waals surface area (Å²) in [7, 11) is 0. The van der Waals surface area contributed by atoms with Crippen molar-refractivity contribution in [2.45, 2.75) is 18.9 Å². The number of hydrogen-bond acceptors (Lipinski definition) is 4. The Morgan fingerprint density at radius 3 is 2.65 bits per heavy atom. The first kappa shape index (κ1) is 11.7. The molecule has 2 heterocycles. The Hall–Kier alpha value is -1.82. The van der Waals surface area contributed by atoms with E-state index in [0.717, 1.165) is 6.42 Å². The number of aromatic carboxylic acids is 1. The van der Waals surface area contributed by atoms with Crippen molar-refractivity contribution < 1.29 is 23.8 Å². The average Bonchev–Trinajstić information content (AvgIpc) is 2.86. The molecular formula is C11H13NO5.